The zero-order chi connectivity index (χ0) is 17.2. The molecule has 1 amide bonds. The standard InChI is InChI=1S/C13H15F3N4O2S/c1-7-10(12(22-3)20(2)19-7)11(21)17-5-4-9-18-8(6-23-9)13(14,15)16/h6H,4-5H2,1-3H3,(H,17,21). The summed E-state index contributed by atoms with van der Waals surface area (Å²) in [6, 6.07) is 0. The first-order valence-corrected chi connectivity index (χ1v) is 7.49. The number of amides is 1. The minimum Gasteiger partial charge on any atom is -0.481 e. The lowest BCUT2D eigenvalue weighted by molar-refractivity contribution is -0.140. The highest BCUT2D eigenvalue weighted by Crippen LogP contribution is 2.30. The summed E-state index contributed by atoms with van der Waals surface area (Å²) in [5, 5.41) is 8.01. The van der Waals surface area contributed by atoms with E-state index in [0.717, 1.165) is 16.7 Å². The van der Waals surface area contributed by atoms with Crippen LogP contribution in [0.15, 0.2) is 5.38 Å². The first-order valence-electron chi connectivity index (χ1n) is 6.61. The fourth-order valence-electron chi connectivity index (χ4n) is 2.06. The number of methoxy groups -OCH3 is 1. The normalized spacial score (nSPS) is 11.6. The third-order valence-electron chi connectivity index (χ3n) is 3.06. The van der Waals surface area contributed by atoms with Crippen molar-refractivity contribution in [1.82, 2.24) is 20.1 Å². The van der Waals surface area contributed by atoms with E-state index in [4.69, 9.17) is 4.74 Å². The van der Waals surface area contributed by atoms with Gasteiger partial charge in [-0.2, -0.15) is 18.3 Å². The van der Waals surface area contributed by atoms with Crippen LogP contribution in [0.25, 0.3) is 0 Å². The van der Waals surface area contributed by atoms with Gasteiger partial charge in [-0.3, -0.25) is 4.79 Å². The van der Waals surface area contributed by atoms with Crippen molar-refractivity contribution in [2.24, 2.45) is 7.05 Å². The summed E-state index contributed by atoms with van der Waals surface area (Å²) >= 11 is 0.915. The van der Waals surface area contributed by atoms with Crippen LogP contribution in [0.4, 0.5) is 13.2 Å². The maximum atomic E-state index is 12.5. The van der Waals surface area contributed by atoms with Crippen LogP contribution in [0.3, 0.4) is 0 Å². The van der Waals surface area contributed by atoms with E-state index in [-0.39, 0.29) is 18.9 Å². The molecular weight excluding hydrogens is 333 g/mol. The lowest BCUT2D eigenvalue weighted by atomic mass is 10.2. The van der Waals surface area contributed by atoms with Crippen LogP contribution < -0.4 is 10.1 Å². The van der Waals surface area contributed by atoms with Crippen LogP contribution >= 0.6 is 11.3 Å². The van der Waals surface area contributed by atoms with Gasteiger partial charge in [-0.05, 0) is 6.92 Å². The average Bonchev–Trinajstić information content (AvgIpc) is 3.02. The van der Waals surface area contributed by atoms with E-state index < -0.39 is 11.9 Å². The van der Waals surface area contributed by atoms with Gasteiger partial charge in [0.25, 0.3) is 5.91 Å². The van der Waals surface area contributed by atoms with E-state index in [2.05, 4.69) is 15.4 Å². The Balaban J connectivity index is 1.97. The van der Waals surface area contributed by atoms with Crippen molar-refractivity contribution in [3.63, 3.8) is 0 Å². The summed E-state index contributed by atoms with van der Waals surface area (Å²) in [4.78, 5) is 15.7. The molecule has 0 saturated heterocycles. The molecule has 0 aromatic carbocycles. The molecule has 0 radical (unpaired) electrons. The number of nitrogens with one attached hydrogen (secondary N) is 1. The maximum Gasteiger partial charge on any atom is 0.434 e. The van der Waals surface area contributed by atoms with E-state index in [9.17, 15) is 18.0 Å². The minimum atomic E-state index is -4.45. The molecule has 23 heavy (non-hydrogen) atoms. The predicted molar refractivity (Wildman–Crippen MR) is 77.7 cm³/mol. The van der Waals surface area contributed by atoms with Crippen LogP contribution in [0, 0.1) is 6.92 Å². The number of aromatic nitrogens is 3. The van der Waals surface area contributed by atoms with Gasteiger partial charge in [0.2, 0.25) is 5.88 Å². The molecule has 6 nitrogen and oxygen atoms in total. The molecule has 2 aromatic rings. The number of nitrogens with zero attached hydrogens (tertiary/aromatic N) is 3. The number of hydrogen-bond donors (Lipinski definition) is 1. The highest BCUT2D eigenvalue weighted by Gasteiger charge is 2.33. The molecule has 0 bridgehead atoms. The number of rotatable bonds is 5. The Morgan fingerprint density at radius 2 is 2.17 bits per heavy atom. The summed E-state index contributed by atoms with van der Waals surface area (Å²) in [5.74, 6) is -0.0614. The van der Waals surface area contributed by atoms with Gasteiger partial charge in [-0.25, -0.2) is 9.67 Å². The van der Waals surface area contributed by atoms with Gasteiger partial charge >= 0.3 is 6.18 Å². The molecule has 0 aliphatic heterocycles. The summed E-state index contributed by atoms with van der Waals surface area (Å²) in [6.07, 6.45) is -4.23. The number of carbonyl (C=O) groups is 1. The van der Waals surface area contributed by atoms with Crippen molar-refractivity contribution < 1.29 is 22.7 Å². The van der Waals surface area contributed by atoms with Crippen molar-refractivity contribution in [3.05, 3.63) is 27.3 Å². The molecule has 0 atom stereocenters. The number of carbonyl (C=O) groups excluding carboxylic acids is 1. The van der Waals surface area contributed by atoms with Crippen LogP contribution in [0.2, 0.25) is 0 Å². The molecule has 126 valence electrons. The SMILES string of the molecule is COc1c(C(=O)NCCc2nc(C(F)(F)F)cs2)c(C)nn1C. The monoisotopic (exact) mass is 348 g/mol. The third-order valence-corrected chi connectivity index (χ3v) is 3.97. The quantitative estimate of drug-likeness (QED) is 0.899. The Bertz CT molecular complexity index is 709. The Kier molecular flexibility index (Phi) is 4.93. The van der Waals surface area contributed by atoms with Crippen molar-refractivity contribution in [2.45, 2.75) is 19.5 Å². The summed E-state index contributed by atoms with van der Waals surface area (Å²) < 4.78 is 43.9. The van der Waals surface area contributed by atoms with E-state index in [1.165, 1.54) is 11.8 Å². The van der Waals surface area contributed by atoms with Gasteiger partial charge in [-0.1, -0.05) is 0 Å². The molecule has 2 rings (SSSR count). The number of aryl methyl sites for hydroxylation is 2. The molecule has 1 N–H and O–H groups in total. The van der Waals surface area contributed by atoms with Crippen LogP contribution in [-0.2, 0) is 19.6 Å². The molecule has 0 aliphatic carbocycles. The predicted octanol–water partition coefficient (Wildman–Crippen LogP) is 2.18. The molecule has 10 heteroatoms. The Morgan fingerprint density at radius 3 is 2.74 bits per heavy atom. The molecule has 0 spiro atoms. The number of alkyl halides is 3. The summed E-state index contributed by atoms with van der Waals surface area (Å²) in [6.45, 7) is 1.84. The molecule has 0 aliphatic rings. The van der Waals surface area contributed by atoms with Crippen LogP contribution in [-0.4, -0.2) is 34.3 Å². The molecular formula is C13H15F3N4O2S. The second-order valence-corrected chi connectivity index (χ2v) is 5.67. The summed E-state index contributed by atoms with van der Waals surface area (Å²) in [7, 11) is 3.08. The maximum absolute atomic E-state index is 12.5. The lowest BCUT2D eigenvalue weighted by Gasteiger charge is -2.06. The molecule has 0 unspecified atom stereocenters. The fourth-order valence-corrected chi connectivity index (χ4v) is 2.86. The second kappa shape index (κ2) is 6.57. The van der Waals surface area contributed by atoms with Gasteiger partial charge in [0, 0.05) is 25.4 Å². The van der Waals surface area contributed by atoms with E-state index in [1.54, 1.807) is 14.0 Å². The summed E-state index contributed by atoms with van der Waals surface area (Å²) in [5.41, 5.74) is -0.0887. The van der Waals surface area contributed by atoms with Crippen molar-refractivity contribution in [1.29, 1.82) is 0 Å². The van der Waals surface area contributed by atoms with E-state index in [1.807, 2.05) is 0 Å². The van der Waals surface area contributed by atoms with Crippen molar-refractivity contribution in [2.75, 3.05) is 13.7 Å². The Morgan fingerprint density at radius 1 is 1.48 bits per heavy atom. The lowest BCUT2D eigenvalue weighted by Crippen LogP contribution is -2.26. The van der Waals surface area contributed by atoms with Crippen molar-refractivity contribution in [3.8, 4) is 5.88 Å². The average molecular weight is 348 g/mol. The topological polar surface area (TPSA) is 69.0 Å². The fraction of sp³-hybridized carbons (Fsp3) is 0.462. The number of hydrogen-bond acceptors (Lipinski definition) is 5. The van der Waals surface area contributed by atoms with E-state index >= 15 is 0 Å². The number of thiazole rings is 1. The smallest absolute Gasteiger partial charge is 0.434 e. The second-order valence-electron chi connectivity index (χ2n) is 4.72. The first kappa shape index (κ1) is 17.3. The largest absolute Gasteiger partial charge is 0.481 e. The Labute approximate surface area is 134 Å². The zero-order valence-electron chi connectivity index (χ0n) is 12.7. The number of ether oxygens (including phenoxy) is 1. The third kappa shape index (κ3) is 3.81. The molecule has 2 aromatic heterocycles. The molecule has 0 saturated carbocycles. The van der Waals surface area contributed by atoms with Gasteiger partial charge in [0.15, 0.2) is 5.69 Å². The zero-order valence-corrected chi connectivity index (χ0v) is 13.5. The Hall–Kier alpha value is -2.10. The van der Waals surface area contributed by atoms with Crippen molar-refractivity contribution >= 4 is 17.2 Å². The number of halogens is 3. The highest BCUT2D eigenvalue weighted by molar-refractivity contribution is 7.09. The highest BCUT2D eigenvalue weighted by atomic mass is 32.1. The molecule has 0 fully saturated rings. The van der Waals surface area contributed by atoms with Gasteiger partial charge in [-0.15, -0.1) is 11.3 Å². The van der Waals surface area contributed by atoms with Gasteiger partial charge in [0.05, 0.1) is 17.8 Å². The van der Waals surface area contributed by atoms with Crippen LogP contribution in [0.5, 0.6) is 5.88 Å². The van der Waals surface area contributed by atoms with Gasteiger partial charge in [0.1, 0.15) is 5.56 Å². The first-order chi connectivity index (χ1) is 10.7. The van der Waals surface area contributed by atoms with Gasteiger partial charge < -0.3 is 10.1 Å². The minimum absolute atomic E-state index is 0.168. The van der Waals surface area contributed by atoms with E-state index in [0.29, 0.717) is 22.1 Å². The molecule has 2 heterocycles. The van der Waals surface area contributed by atoms with Crippen LogP contribution in [0.1, 0.15) is 26.8 Å².